The fraction of sp³-hybridized carbons (Fsp3) is 0.238. The SMILES string of the molecule is O=C1[C@@H](NCCc2ccc(Cl)c(Cl)c2)CCN1c1ccc(S(=O)(=O)Nc2nccs2)cc1. The molecular weight excluding hydrogens is 491 g/mol. The number of rotatable bonds is 8. The number of nitrogens with zero attached hydrogens (tertiary/aromatic N) is 2. The van der Waals surface area contributed by atoms with Gasteiger partial charge in [-0.3, -0.25) is 9.52 Å². The number of nitrogens with one attached hydrogen (secondary N) is 2. The summed E-state index contributed by atoms with van der Waals surface area (Å²) in [5.41, 5.74) is 1.70. The van der Waals surface area contributed by atoms with E-state index in [1.807, 2.05) is 12.1 Å². The Hall–Kier alpha value is -2.17. The molecule has 0 aliphatic carbocycles. The summed E-state index contributed by atoms with van der Waals surface area (Å²) in [5.74, 6) is -0.0318. The van der Waals surface area contributed by atoms with Gasteiger partial charge in [0.15, 0.2) is 5.13 Å². The number of amides is 1. The molecule has 1 amide bonds. The van der Waals surface area contributed by atoms with E-state index in [2.05, 4.69) is 15.0 Å². The van der Waals surface area contributed by atoms with Crippen molar-refractivity contribution in [3.8, 4) is 0 Å². The maximum absolute atomic E-state index is 12.8. The zero-order valence-corrected chi connectivity index (χ0v) is 19.9. The fourth-order valence-corrected chi connectivity index (χ4v) is 5.57. The minimum atomic E-state index is -3.73. The molecule has 2 heterocycles. The average molecular weight is 511 g/mol. The largest absolute Gasteiger partial charge is 0.311 e. The van der Waals surface area contributed by atoms with Gasteiger partial charge in [0.1, 0.15) is 0 Å². The summed E-state index contributed by atoms with van der Waals surface area (Å²) in [4.78, 5) is 18.5. The monoisotopic (exact) mass is 510 g/mol. The van der Waals surface area contributed by atoms with Crippen LogP contribution < -0.4 is 14.9 Å². The summed E-state index contributed by atoms with van der Waals surface area (Å²) in [6, 6.07) is 11.5. The second-order valence-electron chi connectivity index (χ2n) is 7.22. The van der Waals surface area contributed by atoms with Gasteiger partial charge in [-0.1, -0.05) is 29.3 Å². The van der Waals surface area contributed by atoms with Gasteiger partial charge in [-0.25, -0.2) is 13.4 Å². The number of thiazole rings is 1. The average Bonchev–Trinajstić information content (AvgIpc) is 3.40. The van der Waals surface area contributed by atoms with Crippen LogP contribution in [-0.2, 0) is 21.2 Å². The van der Waals surface area contributed by atoms with Crippen molar-refractivity contribution in [2.24, 2.45) is 0 Å². The molecule has 3 aromatic rings. The van der Waals surface area contributed by atoms with E-state index in [0.717, 1.165) is 12.0 Å². The normalized spacial score (nSPS) is 16.5. The van der Waals surface area contributed by atoms with Gasteiger partial charge < -0.3 is 10.2 Å². The Kier molecular flexibility index (Phi) is 7.02. The van der Waals surface area contributed by atoms with E-state index in [1.54, 1.807) is 28.5 Å². The molecule has 32 heavy (non-hydrogen) atoms. The van der Waals surface area contributed by atoms with Crippen LogP contribution in [0.15, 0.2) is 58.9 Å². The molecule has 7 nitrogen and oxygen atoms in total. The molecule has 4 rings (SSSR count). The van der Waals surface area contributed by atoms with Crippen molar-refractivity contribution in [2.45, 2.75) is 23.8 Å². The van der Waals surface area contributed by atoms with Crippen LogP contribution in [0.3, 0.4) is 0 Å². The van der Waals surface area contributed by atoms with Crippen LogP contribution in [-0.4, -0.2) is 38.4 Å². The van der Waals surface area contributed by atoms with Crippen molar-refractivity contribution in [3.63, 3.8) is 0 Å². The summed E-state index contributed by atoms with van der Waals surface area (Å²) < 4.78 is 27.4. The molecule has 168 valence electrons. The zero-order valence-electron chi connectivity index (χ0n) is 16.8. The summed E-state index contributed by atoms with van der Waals surface area (Å²) in [7, 11) is -3.73. The Morgan fingerprint density at radius 3 is 2.59 bits per heavy atom. The first-order chi connectivity index (χ1) is 15.3. The maximum atomic E-state index is 12.8. The van der Waals surface area contributed by atoms with Gasteiger partial charge in [0.25, 0.3) is 10.0 Å². The summed E-state index contributed by atoms with van der Waals surface area (Å²) >= 11 is 13.2. The Bertz CT molecular complexity index is 1200. The third kappa shape index (κ3) is 5.24. The highest BCUT2D eigenvalue weighted by molar-refractivity contribution is 7.93. The lowest BCUT2D eigenvalue weighted by atomic mass is 10.1. The third-order valence-electron chi connectivity index (χ3n) is 5.11. The van der Waals surface area contributed by atoms with Crippen LogP contribution in [0.5, 0.6) is 0 Å². The van der Waals surface area contributed by atoms with Gasteiger partial charge in [0, 0.05) is 23.8 Å². The predicted octanol–water partition coefficient (Wildman–Crippen LogP) is 4.19. The number of halogens is 2. The third-order valence-corrected chi connectivity index (χ3v) is 8.02. The number of aromatic nitrogens is 1. The Morgan fingerprint density at radius 1 is 1.12 bits per heavy atom. The lowest BCUT2D eigenvalue weighted by Crippen LogP contribution is -2.39. The molecule has 0 unspecified atom stereocenters. The van der Waals surface area contributed by atoms with Crippen LogP contribution in [0.4, 0.5) is 10.8 Å². The van der Waals surface area contributed by atoms with Crippen molar-refractivity contribution in [2.75, 3.05) is 22.7 Å². The smallest absolute Gasteiger partial charge is 0.263 e. The van der Waals surface area contributed by atoms with Gasteiger partial charge in [-0.05, 0) is 61.3 Å². The minimum absolute atomic E-state index is 0.0318. The van der Waals surface area contributed by atoms with Crippen molar-refractivity contribution in [3.05, 3.63) is 69.7 Å². The molecule has 2 aromatic carbocycles. The quantitative estimate of drug-likeness (QED) is 0.474. The number of benzene rings is 2. The molecule has 1 aliphatic heterocycles. The lowest BCUT2D eigenvalue weighted by Gasteiger charge is -2.18. The van der Waals surface area contributed by atoms with Gasteiger partial charge in [-0.2, -0.15) is 0 Å². The van der Waals surface area contributed by atoms with E-state index in [4.69, 9.17) is 23.2 Å². The van der Waals surface area contributed by atoms with Gasteiger partial charge in [-0.15, -0.1) is 11.3 Å². The van der Waals surface area contributed by atoms with Gasteiger partial charge in [0.2, 0.25) is 5.91 Å². The van der Waals surface area contributed by atoms with Crippen LogP contribution in [0.1, 0.15) is 12.0 Å². The van der Waals surface area contributed by atoms with Crippen LogP contribution in [0, 0.1) is 0 Å². The zero-order chi connectivity index (χ0) is 22.7. The Balaban J connectivity index is 1.34. The Labute approximate surface area is 200 Å². The molecule has 0 spiro atoms. The molecule has 1 saturated heterocycles. The number of sulfonamides is 1. The van der Waals surface area contributed by atoms with E-state index in [1.165, 1.54) is 29.7 Å². The van der Waals surface area contributed by atoms with E-state index in [0.29, 0.717) is 40.4 Å². The molecule has 0 bridgehead atoms. The molecule has 1 fully saturated rings. The second-order valence-corrected chi connectivity index (χ2v) is 10.6. The van der Waals surface area contributed by atoms with E-state index in [-0.39, 0.29) is 16.8 Å². The molecule has 1 aliphatic rings. The van der Waals surface area contributed by atoms with Crippen molar-refractivity contribution in [1.29, 1.82) is 0 Å². The summed E-state index contributed by atoms with van der Waals surface area (Å²) in [6.45, 7) is 1.19. The number of hydrogen-bond acceptors (Lipinski definition) is 6. The maximum Gasteiger partial charge on any atom is 0.263 e. The highest BCUT2D eigenvalue weighted by atomic mass is 35.5. The molecule has 1 atom stereocenters. The van der Waals surface area contributed by atoms with Gasteiger partial charge >= 0.3 is 0 Å². The Morgan fingerprint density at radius 2 is 1.91 bits per heavy atom. The molecule has 0 saturated carbocycles. The van der Waals surface area contributed by atoms with E-state index >= 15 is 0 Å². The number of carbonyl (C=O) groups excluding carboxylic acids is 1. The van der Waals surface area contributed by atoms with E-state index < -0.39 is 10.0 Å². The van der Waals surface area contributed by atoms with Crippen LogP contribution >= 0.6 is 34.5 Å². The molecule has 2 N–H and O–H groups in total. The molecule has 11 heteroatoms. The first-order valence-electron chi connectivity index (χ1n) is 9.84. The number of carbonyl (C=O) groups is 1. The van der Waals surface area contributed by atoms with Gasteiger partial charge in [0.05, 0.1) is 21.0 Å². The molecule has 0 radical (unpaired) electrons. The van der Waals surface area contributed by atoms with Crippen LogP contribution in [0.2, 0.25) is 10.0 Å². The molecular formula is C21H20Cl2N4O3S2. The van der Waals surface area contributed by atoms with Crippen molar-refractivity contribution >= 4 is 61.3 Å². The second kappa shape index (κ2) is 9.76. The van der Waals surface area contributed by atoms with E-state index in [9.17, 15) is 13.2 Å². The first-order valence-corrected chi connectivity index (χ1v) is 13.0. The topological polar surface area (TPSA) is 91.4 Å². The van der Waals surface area contributed by atoms with Crippen molar-refractivity contribution < 1.29 is 13.2 Å². The first kappa shape index (κ1) is 23.0. The number of hydrogen-bond donors (Lipinski definition) is 2. The minimum Gasteiger partial charge on any atom is -0.311 e. The van der Waals surface area contributed by atoms with Crippen molar-refractivity contribution in [1.82, 2.24) is 10.3 Å². The fourth-order valence-electron chi connectivity index (χ4n) is 3.46. The summed E-state index contributed by atoms with van der Waals surface area (Å²) in [5, 5.41) is 6.32. The predicted molar refractivity (Wildman–Crippen MR) is 128 cm³/mol. The highest BCUT2D eigenvalue weighted by Gasteiger charge is 2.32. The molecule has 1 aromatic heterocycles. The lowest BCUT2D eigenvalue weighted by molar-refractivity contribution is -0.118. The standard InChI is InChI=1S/C21H20Cl2N4O3S2/c22-17-6-1-14(13-18(17)23)7-9-24-19-8-11-27(20(19)28)15-2-4-16(5-3-15)32(29,30)26-21-25-10-12-31-21/h1-6,10,12-13,19,24H,7-9,11H2,(H,25,26)/t19-/m0/s1. The number of anilines is 2. The highest BCUT2D eigenvalue weighted by Crippen LogP contribution is 2.25. The van der Waals surface area contributed by atoms with Crippen LogP contribution in [0.25, 0.3) is 0 Å². The summed E-state index contributed by atoms with van der Waals surface area (Å²) in [6.07, 6.45) is 2.92.